The third kappa shape index (κ3) is 2.28. The van der Waals surface area contributed by atoms with Crippen LogP contribution >= 0.6 is 0 Å². The van der Waals surface area contributed by atoms with Crippen LogP contribution in [0.25, 0.3) is 0 Å². The molecule has 0 amide bonds. The van der Waals surface area contributed by atoms with Crippen LogP contribution in [0.15, 0.2) is 18.2 Å². The monoisotopic (exact) mass is 248 g/mol. The highest BCUT2D eigenvalue weighted by atomic mass is 16.4. The molecule has 1 heterocycles. The van der Waals surface area contributed by atoms with Crippen LogP contribution in [0.2, 0.25) is 0 Å². The normalized spacial score (nSPS) is 19.5. The van der Waals surface area contributed by atoms with E-state index >= 15 is 0 Å². The third-order valence-corrected chi connectivity index (χ3v) is 3.63. The highest BCUT2D eigenvalue weighted by molar-refractivity contribution is 5.95. The first kappa shape index (κ1) is 12.7. The first-order chi connectivity index (χ1) is 8.50. The fourth-order valence-corrected chi connectivity index (χ4v) is 2.75. The van der Waals surface area contributed by atoms with Crippen LogP contribution in [0, 0.1) is 5.92 Å². The molecule has 0 saturated carbocycles. The lowest BCUT2D eigenvalue weighted by Crippen LogP contribution is -2.34. The summed E-state index contributed by atoms with van der Waals surface area (Å²) in [6.45, 7) is 5.26. The molecule has 1 aliphatic heterocycles. The molecular weight excluding hydrogens is 228 g/mol. The second-order valence-electron chi connectivity index (χ2n) is 5.23. The minimum Gasteiger partial charge on any atom is -0.478 e. The lowest BCUT2D eigenvalue weighted by atomic mass is 10.0. The molecule has 0 aromatic heterocycles. The molecule has 0 spiro atoms. The Labute approximate surface area is 107 Å². The molecule has 1 aromatic carbocycles. The zero-order valence-electron chi connectivity index (χ0n) is 10.9. The van der Waals surface area contributed by atoms with Crippen LogP contribution in [0.5, 0.6) is 0 Å². The first-order valence-corrected chi connectivity index (χ1v) is 6.40. The van der Waals surface area contributed by atoms with Crippen LogP contribution in [0.4, 0.5) is 11.4 Å². The number of rotatable bonds is 3. The Morgan fingerprint density at radius 3 is 2.83 bits per heavy atom. The van der Waals surface area contributed by atoms with E-state index in [2.05, 4.69) is 18.7 Å². The Balaban J connectivity index is 2.42. The minimum atomic E-state index is -0.889. The van der Waals surface area contributed by atoms with Crippen molar-refractivity contribution in [3.8, 4) is 0 Å². The van der Waals surface area contributed by atoms with Crippen molar-refractivity contribution in [2.75, 3.05) is 17.2 Å². The molecule has 1 aromatic rings. The lowest BCUT2D eigenvalue weighted by molar-refractivity contribution is 0.0697. The van der Waals surface area contributed by atoms with Gasteiger partial charge in [0.05, 0.1) is 11.3 Å². The van der Waals surface area contributed by atoms with E-state index in [9.17, 15) is 9.90 Å². The van der Waals surface area contributed by atoms with Crippen molar-refractivity contribution >= 4 is 17.3 Å². The second kappa shape index (κ2) is 4.88. The maximum absolute atomic E-state index is 11.3. The highest BCUT2D eigenvalue weighted by Crippen LogP contribution is 2.33. The van der Waals surface area contributed by atoms with Gasteiger partial charge in [0, 0.05) is 18.3 Å². The molecule has 3 N–H and O–H groups in total. The third-order valence-electron chi connectivity index (χ3n) is 3.63. The molecule has 0 aliphatic carbocycles. The number of nitrogen functional groups attached to an aromatic ring is 1. The van der Waals surface area contributed by atoms with Crippen LogP contribution < -0.4 is 10.6 Å². The standard InChI is InChI=1S/C14H20N2O2/c1-9(2)12-4-3-7-16(12)13-8-10(15)5-6-11(13)14(17)18/h5-6,8-9,12H,3-4,7,15H2,1-2H3,(H,17,18). The van der Waals surface area contributed by atoms with E-state index < -0.39 is 5.97 Å². The van der Waals surface area contributed by atoms with Crippen molar-refractivity contribution in [1.82, 2.24) is 0 Å². The van der Waals surface area contributed by atoms with Gasteiger partial charge in [-0.1, -0.05) is 13.8 Å². The van der Waals surface area contributed by atoms with Gasteiger partial charge >= 0.3 is 5.97 Å². The average Bonchev–Trinajstić information content (AvgIpc) is 2.77. The molecule has 18 heavy (non-hydrogen) atoms. The summed E-state index contributed by atoms with van der Waals surface area (Å²) in [4.78, 5) is 13.5. The molecule has 0 bridgehead atoms. The quantitative estimate of drug-likeness (QED) is 0.807. The summed E-state index contributed by atoms with van der Waals surface area (Å²) < 4.78 is 0. The van der Waals surface area contributed by atoms with E-state index in [0.29, 0.717) is 23.2 Å². The summed E-state index contributed by atoms with van der Waals surface area (Å²) >= 11 is 0. The summed E-state index contributed by atoms with van der Waals surface area (Å²) in [5.74, 6) is -0.380. The van der Waals surface area contributed by atoms with Crippen LogP contribution in [0.1, 0.15) is 37.0 Å². The Kier molecular flexibility index (Phi) is 3.45. The van der Waals surface area contributed by atoms with Crippen molar-refractivity contribution < 1.29 is 9.90 Å². The van der Waals surface area contributed by atoms with Gasteiger partial charge < -0.3 is 15.7 Å². The van der Waals surface area contributed by atoms with E-state index in [0.717, 1.165) is 25.1 Å². The Hall–Kier alpha value is -1.71. The number of nitrogens with zero attached hydrogens (tertiary/aromatic N) is 1. The Bertz CT molecular complexity index is 457. The number of nitrogens with two attached hydrogens (primary N) is 1. The van der Waals surface area contributed by atoms with Crippen molar-refractivity contribution in [2.45, 2.75) is 32.7 Å². The predicted octanol–water partition coefficient (Wildman–Crippen LogP) is 2.59. The van der Waals surface area contributed by atoms with Gasteiger partial charge in [0.2, 0.25) is 0 Å². The Morgan fingerprint density at radius 1 is 1.50 bits per heavy atom. The van der Waals surface area contributed by atoms with Crippen molar-refractivity contribution in [2.24, 2.45) is 5.92 Å². The van der Waals surface area contributed by atoms with Crippen molar-refractivity contribution in [3.05, 3.63) is 23.8 Å². The van der Waals surface area contributed by atoms with Gasteiger partial charge in [-0.05, 0) is 37.0 Å². The summed E-state index contributed by atoms with van der Waals surface area (Å²) in [6.07, 6.45) is 2.22. The van der Waals surface area contributed by atoms with Gasteiger partial charge in [0.1, 0.15) is 0 Å². The molecule has 98 valence electrons. The maximum Gasteiger partial charge on any atom is 0.337 e. The van der Waals surface area contributed by atoms with Crippen LogP contribution in [-0.2, 0) is 0 Å². The maximum atomic E-state index is 11.3. The lowest BCUT2D eigenvalue weighted by Gasteiger charge is -2.31. The van der Waals surface area contributed by atoms with E-state index in [1.54, 1.807) is 18.2 Å². The molecule has 1 fully saturated rings. The predicted molar refractivity (Wildman–Crippen MR) is 73.0 cm³/mol. The van der Waals surface area contributed by atoms with Gasteiger partial charge in [0.25, 0.3) is 0 Å². The first-order valence-electron chi connectivity index (χ1n) is 6.40. The number of hydrogen-bond acceptors (Lipinski definition) is 3. The number of aromatic carboxylic acids is 1. The van der Waals surface area contributed by atoms with Crippen LogP contribution in [-0.4, -0.2) is 23.7 Å². The van der Waals surface area contributed by atoms with Gasteiger partial charge in [-0.25, -0.2) is 4.79 Å². The molecule has 1 saturated heterocycles. The van der Waals surface area contributed by atoms with Crippen molar-refractivity contribution in [1.29, 1.82) is 0 Å². The number of benzene rings is 1. The van der Waals surface area contributed by atoms with Gasteiger partial charge in [-0.3, -0.25) is 0 Å². The van der Waals surface area contributed by atoms with Crippen LogP contribution in [0.3, 0.4) is 0 Å². The van der Waals surface area contributed by atoms with E-state index in [1.165, 1.54) is 0 Å². The number of carboxylic acid groups (broad SMARTS) is 1. The molecule has 1 unspecified atom stereocenters. The number of anilines is 2. The summed E-state index contributed by atoms with van der Waals surface area (Å²) in [5.41, 5.74) is 7.52. The number of carbonyl (C=O) groups is 1. The zero-order chi connectivity index (χ0) is 13.3. The summed E-state index contributed by atoms with van der Waals surface area (Å²) in [7, 11) is 0. The highest BCUT2D eigenvalue weighted by Gasteiger charge is 2.29. The fraction of sp³-hybridized carbons (Fsp3) is 0.500. The number of carboxylic acids is 1. The average molecular weight is 248 g/mol. The van der Waals surface area contributed by atoms with Gasteiger partial charge in [-0.2, -0.15) is 0 Å². The summed E-state index contributed by atoms with van der Waals surface area (Å²) in [5, 5.41) is 9.27. The molecule has 0 radical (unpaired) electrons. The van der Waals surface area contributed by atoms with Gasteiger partial charge in [0.15, 0.2) is 0 Å². The van der Waals surface area contributed by atoms with Gasteiger partial charge in [-0.15, -0.1) is 0 Å². The molecule has 1 atom stereocenters. The smallest absolute Gasteiger partial charge is 0.337 e. The van der Waals surface area contributed by atoms with E-state index in [4.69, 9.17) is 5.73 Å². The zero-order valence-corrected chi connectivity index (χ0v) is 10.9. The second-order valence-corrected chi connectivity index (χ2v) is 5.23. The Morgan fingerprint density at radius 2 is 2.22 bits per heavy atom. The molecule has 1 aliphatic rings. The largest absolute Gasteiger partial charge is 0.478 e. The molecule has 2 rings (SSSR count). The van der Waals surface area contributed by atoms with E-state index in [-0.39, 0.29) is 0 Å². The minimum absolute atomic E-state index is 0.344. The molecule has 4 heteroatoms. The van der Waals surface area contributed by atoms with E-state index in [1.807, 2.05) is 0 Å². The summed E-state index contributed by atoms with van der Waals surface area (Å²) in [6, 6.07) is 5.44. The topological polar surface area (TPSA) is 66.6 Å². The molecule has 4 nitrogen and oxygen atoms in total. The molecular formula is C14H20N2O2. The number of hydrogen-bond donors (Lipinski definition) is 2. The SMILES string of the molecule is CC(C)C1CCCN1c1cc(N)ccc1C(=O)O. The fourth-order valence-electron chi connectivity index (χ4n) is 2.75. The van der Waals surface area contributed by atoms with Crippen molar-refractivity contribution in [3.63, 3.8) is 0 Å².